The maximum absolute atomic E-state index is 13.0. The first kappa shape index (κ1) is 15.8. The van der Waals surface area contributed by atoms with Crippen molar-refractivity contribution in [3.63, 3.8) is 0 Å². The van der Waals surface area contributed by atoms with Crippen LogP contribution in [0.5, 0.6) is 5.88 Å². The van der Waals surface area contributed by atoms with Gasteiger partial charge in [0.1, 0.15) is 12.1 Å². The summed E-state index contributed by atoms with van der Waals surface area (Å²) in [7, 11) is 0. The molecule has 0 unspecified atom stereocenters. The van der Waals surface area contributed by atoms with Gasteiger partial charge in [0.15, 0.2) is 0 Å². The first-order valence-corrected chi connectivity index (χ1v) is 7.78. The van der Waals surface area contributed by atoms with Gasteiger partial charge in [0, 0.05) is 31.6 Å². The normalized spacial score (nSPS) is 16.0. The fraction of sp³-hybridized carbons (Fsp3) is 0.412. The van der Waals surface area contributed by atoms with E-state index in [2.05, 4.69) is 14.9 Å². The number of hydrogen-bond donors (Lipinski definition) is 1. The highest BCUT2D eigenvalue weighted by Crippen LogP contribution is 2.26. The highest BCUT2D eigenvalue weighted by Gasteiger charge is 2.23. The molecule has 1 aliphatic rings. The molecule has 0 spiro atoms. The highest BCUT2D eigenvalue weighted by atomic mass is 19.1. The molecule has 5 nitrogen and oxygen atoms in total. The van der Waals surface area contributed by atoms with Gasteiger partial charge < -0.3 is 9.84 Å². The van der Waals surface area contributed by atoms with Crippen LogP contribution in [0.15, 0.2) is 30.6 Å². The average Bonchev–Trinajstić information content (AvgIpc) is 2.56. The zero-order valence-electron chi connectivity index (χ0n) is 13.1. The van der Waals surface area contributed by atoms with E-state index in [0.717, 1.165) is 24.2 Å². The molecule has 0 amide bonds. The number of nitrogens with zero attached hydrogens (tertiary/aromatic N) is 3. The zero-order chi connectivity index (χ0) is 16.2. The Bertz CT molecular complexity index is 663. The summed E-state index contributed by atoms with van der Waals surface area (Å²) >= 11 is 0. The van der Waals surface area contributed by atoms with Gasteiger partial charge in [-0.2, -0.15) is 0 Å². The van der Waals surface area contributed by atoms with Crippen LogP contribution < -0.4 is 4.74 Å². The quantitative estimate of drug-likeness (QED) is 0.915. The van der Waals surface area contributed by atoms with E-state index >= 15 is 0 Å². The number of benzene rings is 1. The van der Waals surface area contributed by atoms with Crippen molar-refractivity contribution in [1.82, 2.24) is 14.9 Å². The molecular weight excluding hydrogens is 297 g/mol. The summed E-state index contributed by atoms with van der Waals surface area (Å²) in [4.78, 5) is 10.7. The van der Waals surface area contributed by atoms with E-state index < -0.39 is 6.10 Å². The summed E-state index contributed by atoms with van der Waals surface area (Å²) in [5, 5.41) is 10.4. The second kappa shape index (κ2) is 7.02. The van der Waals surface area contributed by atoms with Crippen molar-refractivity contribution in [2.75, 3.05) is 19.7 Å². The van der Waals surface area contributed by atoms with Crippen molar-refractivity contribution in [1.29, 1.82) is 0 Å². The predicted octanol–water partition coefficient (Wildman–Crippen LogP) is 2.11. The first-order valence-electron chi connectivity index (χ1n) is 7.78. The Hall–Kier alpha value is -2.05. The number of aliphatic hydroxyl groups excluding tert-OH is 1. The topological polar surface area (TPSA) is 58.5 Å². The minimum Gasteiger partial charge on any atom is -0.478 e. The maximum Gasteiger partial charge on any atom is 0.221 e. The van der Waals surface area contributed by atoms with E-state index in [1.807, 2.05) is 6.92 Å². The molecular formula is C17H20FN3O2. The van der Waals surface area contributed by atoms with Crippen LogP contribution in [0.4, 0.5) is 4.39 Å². The van der Waals surface area contributed by atoms with E-state index in [4.69, 9.17) is 4.74 Å². The zero-order valence-corrected chi connectivity index (χ0v) is 13.1. The molecule has 2 heterocycles. The van der Waals surface area contributed by atoms with E-state index in [1.165, 1.54) is 18.5 Å². The lowest BCUT2D eigenvalue weighted by Gasteiger charge is -2.30. The number of rotatable bonds is 5. The predicted molar refractivity (Wildman–Crippen MR) is 83.5 cm³/mol. The minimum atomic E-state index is -0.655. The Morgan fingerprint density at radius 1 is 1.30 bits per heavy atom. The summed E-state index contributed by atoms with van der Waals surface area (Å²) in [6.07, 6.45) is 1.68. The fourth-order valence-corrected chi connectivity index (χ4v) is 2.82. The van der Waals surface area contributed by atoms with Gasteiger partial charge in [0.05, 0.1) is 18.4 Å². The van der Waals surface area contributed by atoms with Gasteiger partial charge >= 0.3 is 0 Å². The summed E-state index contributed by atoms with van der Waals surface area (Å²) in [5.41, 5.74) is 2.72. The molecule has 0 aliphatic carbocycles. The molecule has 1 aromatic carbocycles. The Kier molecular flexibility index (Phi) is 4.83. The van der Waals surface area contributed by atoms with E-state index in [1.54, 1.807) is 12.1 Å². The molecule has 0 saturated carbocycles. The smallest absolute Gasteiger partial charge is 0.221 e. The molecule has 0 radical (unpaired) electrons. The lowest BCUT2D eigenvalue weighted by Crippen LogP contribution is -2.35. The van der Waals surface area contributed by atoms with Gasteiger partial charge in [-0.1, -0.05) is 12.1 Å². The second-order valence-corrected chi connectivity index (χ2v) is 5.59. The number of aliphatic hydroxyl groups is 1. The number of halogens is 1. The van der Waals surface area contributed by atoms with Crippen molar-refractivity contribution in [3.8, 4) is 5.88 Å². The second-order valence-electron chi connectivity index (χ2n) is 5.59. The third-order valence-corrected chi connectivity index (χ3v) is 4.01. The average molecular weight is 317 g/mol. The van der Waals surface area contributed by atoms with Gasteiger partial charge in [0.2, 0.25) is 5.88 Å². The Balaban J connectivity index is 1.70. The number of fused-ring (bicyclic) bond motifs is 1. The summed E-state index contributed by atoms with van der Waals surface area (Å²) < 4.78 is 18.5. The highest BCUT2D eigenvalue weighted by molar-refractivity contribution is 5.31. The number of β-amino-alcohol motifs (C(OH)–C–C–N with tert-alkyl or cyclic N) is 1. The van der Waals surface area contributed by atoms with Crippen LogP contribution in [0.1, 0.15) is 29.8 Å². The van der Waals surface area contributed by atoms with E-state index in [-0.39, 0.29) is 5.82 Å². The third-order valence-electron chi connectivity index (χ3n) is 4.01. The molecule has 1 atom stereocenters. The maximum atomic E-state index is 13.0. The minimum absolute atomic E-state index is 0.300. The third kappa shape index (κ3) is 3.65. The van der Waals surface area contributed by atoms with Gasteiger partial charge in [-0.05, 0) is 24.6 Å². The van der Waals surface area contributed by atoms with Crippen molar-refractivity contribution in [2.24, 2.45) is 0 Å². The van der Waals surface area contributed by atoms with E-state index in [0.29, 0.717) is 31.1 Å². The van der Waals surface area contributed by atoms with Gasteiger partial charge in [-0.15, -0.1) is 0 Å². The molecule has 1 aliphatic heterocycles. The first-order chi connectivity index (χ1) is 11.2. The lowest BCUT2D eigenvalue weighted by molar-refractivity contribution is 0.104. The van der Waals surface area contributed by atoms with Crippen LogP contribution in [0, 0.1) is 5.82 Å². The van der Waals surface area contributed by atoms with Crippen LogP contribution >= 0.6 is 0 Å². The summed E-state index contributed by atoms with van der Waals surface area (Å²) in [6, 6.07) is 5.97. The Morgan fingerprint density at radius 2 is 2.09 bits per heavy atom. The SMILES string of the molecule is CCOc1ncnc2c1CN(C[C@H](O)c1ccc(F)cc1)CC2. The van der Waals surface area contributed by atoms with Gasteiger partial charge in [0.25, 0.3) is 0 Å². The monoisotopic (exact) mass is 317 g/mol. The van der Waals surface area contributed by atoms with Crippen LogP contribution in [-0.4, -0.2) is 39.7 Å². The molecule has 6 heteroatoms. The molecule has 1 aromatic heterocycles. The van der Waals surface area contributed by atoms with Crippen molar-refractivity contribution >= 4 is 0 Å². The van der Waals surface area contributed by atoms with Crippen LogP contribution in [0.2, 0.25) is 0 Å². The molecule has 23 heavy (non-hydrogen) atoms. The molecule has 1 N–H and O–H groups in total. The van der Waals surface area contributed by atoms with Crippen LogP contribution in [-0.2, 0) is 13.0 Å². The van der Waals surface area contributed by atoms with E-state index in [9.17, 15) is 9.50 Å². The van der Waals surface area contributed by atoms with Gasteiger partial charge in [-0.25, -0.2) is 14.4 Å². The molecule has 0 fully saturated rings. The van der Waals surface area contributed by atoms with Crippen molar-refractivity contribution in [2.45, 2.75) is 26.0 Å². The number of hydrogen-bond acceptors (Lipinski definition) is 5. The Labute approximate surface area is 134 Å². The molecule has 0 bridgehead atoms. The van der Waals surface area contributed by atoms with Crippen LogP contribution in [0.25, 0.3) is 0 Å². The number of ether oxygens (including phenoxy) is 1. The summed E-state index contributed by atoms with van der Waals surface area (Å²) in [6.45, 7) is 4.41. The Morgan fingerprint density at radius 3 is 2.83 bits per heavy atom. The lowest BCUT2D eigenvalue weighted by atomic mass is 10.0. The molecule has 3 rings (SSSR count). The summed E-state index contributed by atoms with van der Waals surface area (Å²) in [5.74, 6) is 0.324. The fourth-order valence-electron chi connectivity index (χ4n) is 2.82. The van der Waals surface area contributed by atoms with Crippen molar-refractivity contribution < 1.29 is 14.2 Å². The molecule has 2 aromatic rings. The molecule has 0 saturated heterocycles. The van der Waals surface area contributed by atoms with Gasteiger partial charge in [-0.3, -0.25) is 4.90 Å². The van der Waals surface area contributed by atoms with Crippen molar-refractivity contribution in [3.05, 3.63) is 53.2 Å². The number of aromatic nitrogens is 2. The molecule has 122 valence electrons. The van der Waals surface area contributed by atoms with Crippen LogP contribution in [0.3, 0.4) is 0 Å². The standard InChI is InChI=1S/C17H20FN3O2/c1-2-23-17-14-9-21(8-7-15(14)19-11-20-17)10-16(22)12-3-5-13(18)6-4-12/h3-6,11,16,22H,2,7-10H2,1H3/t16-/m0/s1. The largest absolute Gasteiger partial charge is 0.478 e.